The van der Waals surface area contributed by atoms with Crippen LogP contribution in [0.4, 0.5) is 5.69 Å². The van der Waals surface area contributed by atoms with Crippen LogP contribution in [-0.4, -0.2) is 7.11 Å². The Bertz CT molecular complexity index is 496. The molecule has 0 unspecified atom stereocenters. The molecular formula is C12H12BrNO. The molecule has 2 aromatic rings. The van der Waals surface area contributed by atoms with Crippen molar-refractivity contribution in [2.24, 2.45) is 0 Å². The topological polar surface area (TPSA) is 35.2 Å². The molecule has 0 spiro atoms. The Morgan fingerprint density at radius 1 is 1.27 bits per heavy atom. The third kappa shape index (κ3) is 1.98. The van der Waals surface area contributed by atoms with Gasteiger partial charge in [-0.2, -0.15) is 0 Å². The van der Waals surface area contributed by atoms with Crippen LogP contribution in [0.25, 0.3) is 10.8 Å². The summed E-state index contributed by atoms with van der Waals surface area (Å²) in [5, 5.41) is 2.22. The molecule has 0 aromatic heterocycles. The van der Waals surface area contributed by atoms with Crippen molar-refractivity contribution in [2.75, 3.05) is 12.8 Å². The highest BCUT2D eigenvalue weighted by Gasteiger charge is 2.04. The number of anilines is 1. The molecule has 0 saturated carbocycles. The second kappa shape index (κ2) is 4.21. The lowest BCUT2D eigenvalue weighted by Gasteiger charge is -2.08. The maximum atomic E-state index is 6.07. The summed E-state index contributed by atoms with van der Waals surface area (Å²) in [5.41, 5.74) is 7.91. The van der Waals surface area contributed by atoms with Crippen molar-refractivity contribution >= 4 is 32.4 Å². The first-order valence-electron chi connectivity index (χ1n) is 4.68. The molecule has 2 N–H and O–H groups in total. The van der Waals surface area contributed by atoms with Crippen LogP contribution in [0.3, 0.4) is 0 Å². The molecule has 0 bridgehead atoms. The van der Waals surface area contributed by atoms with Gasteiger partial charge in [-0.15, -0.1) is 0 Å². The van der Waals surface area contributed by atoms with E-state index in [9.17, 15) is 0 Å². The number of nitrogen functional groups attached to an aromatic ring is 1. The van der Waals surface area contributed by atoms with Crippen LogP contribution in [0.5, 0.6) is 0 Å². The van der Waals surface area contributed by atoms with E-state index in [0.717, 1.165) is 26.5 Å². The van der Waals surface area contributed by atoms with Gasteiger partial charge < -0.3 is 10.5 Å². The van der Waals surface area contributed by atoms with Crippen LogP contribution in [-0.2, 0) is 11.3 Å². The zero-order valence-electron chi connectivity index (χ0n) is 8.46. The van der Waals surface area contributed by atoms with Gasteiger partial charge in [0.15, 0.2) is 0 Å². The quantitative estimate of drug-likeness (QED) is 0.846. The van der Waals surface area contributed by atoms with E-state index in [0.29, 0.717) is 6.61 Å². The van der Waals surface area contributed by atoms with Crippen LogP contribution >= 0.6 is 15.9 Å². The summed E-state index contributed by atoms with van der Waals surface area (Å²) in [6.07, 6.45) is 0. The molecule has 3 heteroatoms. The predicted molar refractivity (Wildman–Crippen MR) is 66.8 cm³/mol. The third-order valence-corrected chi connectivity index (χ3v) is 2.91. The molecule has 0 aliphatic rings. The normalized spacial score (nSPS) is 10.8. The summed E-state index contributed by atoms with van der Waals surface area (Å²) < 4.78 is 6.13. The van der Waals surface area contributed by atoms with E-state index in [4.69, 9.17) is 10.5 Å². The zero-order chi connectivity index (χ0) is 10.8. The first kappa shape index (κ1) is 10.5. The highest BCUT2D eigenvalue weighted by Crippen LogP contribution is 2.28. The number of halogens is 1. The number of hydrogen-bond acceptors (Lipinski definition) is 2. The molecule has 0 atom stereocenters. The van der Waals surface area contributed by atoms with E-state index in [1.165, 1.54) is 0 Å². The molecular weight excluding hydrogens is 254 g/mol. The van der Waals surface area contributed by atoms with Gasteiger partial charge in [-0.05, 0) is 17.5 Å². The summed E-state index contributed by atoms with van der Waals surface area (Å²) >= 11 is 3.44. The van der Waals surface area contributed by atoms with Crippen molar-refractivity contribution < 1.29 is 4.74 Å². The van der Waals surface area contributed by atoms with Crippen LogP contribution in [0.2, 0.25) is 0 Å². The number of fused-ring (bicyclic) bond motifs is 1. The van der Waals surface area contributed by atoms with Crippen LogP contribution in [0.15, 0.2) is 34.8 Å². The van der Waals surface area contributed by atoms with E-state index >= 15 is 0 Å². The lowest BCUT2D eigenvalue weighted by atomic mass is 10.0. The van der Waals surface area contributed by atoms with E-state index in [2.05, 4.69) is 22.0 Å². The Hall–Kier alpha value is -1.06. The maximum absolute atomic E-state index is 6.07. The van der Waals surface area contributed by atoms with Crippen molar-refractivity contribution in [1.29, 1.82) is 0 Å². The average Bonchev–Trinajstić information content (AvgIpc) is 2.23. The molecule has 78 valence electrons. The highest BCUT2D eigenvalue weighted by molar-refractivity contribution is 9.10. The summed E-state index contributed by atoms with van der Waals surface area (Å²) in [7, 11) is 1.67. The van der Waals surface area contributed by atoms with Gasteiger partial charge in [0, 0.05) is 28.2 Å². The number of nitrogens with two attached hydrogens (primary N) is 1. The van der Waals surface area contributed by atoms with Crippen molar-refractivity contribution in [3.05, 3.63) is 40.4 Å². The number of rotatable bonds is 2. The first-order chi connectivity index (χ1) is 7.22. The first-order valence-corrected chi connectivity index (χ1v) is 5.47. The minimum atomic E-state index is 0.550. The fraction of sp³-hybridized carbons (Fsp3) is 0.167. The summed E-state index contributed by atoms with van der Waals surface area (Å²) in [5.74, 6) is 0. The number of benzene rings is 2. The maximum Gasteiger partial charge on any atom is 0.0733 e. The summed E-state index contributed by atoms with van der Waals surface area (Å²) in [4.78, 5) is 0. The molecule has 0 saturated heterocycles. The standard InChI is InChI=1S/C12H12BrNO/c1-15-7-9-3-2-8-4-5-10(13)6-11(8)12(9)14/h2-6H,7,14H2,1H3. The Kier molecular flexibility index (Phi) is 2.93. The largest absolute Gasteiger partial charge is 0.398 e. The SMILES string of the molecule is COCc1ccc2ccc(Br)cc2c1N. The molecule has 0 heterocycles. The summed E-state index contributed by atoms with van der Waals surface area (Å²) in [6.45, 7) is 0.550. The van der Waals surface area contributed by atoms with E-state index in [1.807, 2.05) is 24.3 Å². The Labute approximate surface area is 97.2 Å². The van der Waals surface area contributed by atoms with Gasteiger partial charge in [-0.25, -0.2) is 0 Å². The Balaban J connectivity index is 2.65. The fourth-order valence-electron chi connectivity index (χ4n) is 1.64. The van der Waals surface area contributed by atoms with Crippen molar-refractivity contribution in [3.8, 4) is 0 Å². The second-order valence-corrected chi connectivity index (χ2v) is 4.35. The Morgan fingerprint density at radius 2 is 2.00 bits per heavy atom. The third-order valence-electron chi connectivity index (χ3n) is 2.42. The van der Waals surface area contributed by atoms with Crippen LogP contribution in [0.1, 0.15) is 5.56 Å². The van der Waals surface area contributed by atoms with Crippen LogP contribution < -0.4 is 5.73 Å². The molecule has 0 radical (unpaired) electrons. The molecule has 0 aliphatic carbocycles. The predicted octanol–water partition coefficient (Wildman–Crippen LogP) is 3.33. The minimum absolute atomic E-state index is 0.550. The molecule has 2 rings (SSSR count). The van der Waals surface area contributed by atoms with E-state index in [-0.39, 0.29) is 0 Å². The van der Waals surface area contributed by atoms with Gasteiger partial charge in [0.1, 0.15) is 0 Å². The van der Waals surface area contributed by atoms with Crippen molar-refractivity contribution in [2.45, 2.75) is 6.61 Å². The van der Waals surface area contributed by atoms with Gasteiger partial charge in [0.25, 0.3) is 0 Å². The fourth-order valence-corrected chi connectivity index (χ4v) is 2.00. The second-order valence-electron chi connectivity index (χ2n) is 3.44. The monoisotopic (exact) mass is 265 g/mol. The van der Waals surface area contributed by atoms with Gasteiger partial charge in [-0.1, -0.05) is 34.1 Å². The van der Waals surface area contributed by atoms with Gasteiger partial charge in [-0.3, -0.25) is 0 Å². The van der Waals surface area contributed by atoms with Gasteiger partial charge in [0.2, 0.25) is 0 Å². The van der Waals surface area contributed by atoms with E-state index in [1.54, 1.807) is 7.11 Å². The highest BCUT2D eigenvalue weighted by atomic mass is 79.9. The van der Waals surface area contributed by atoms with Gasteiger partial charge in [0.05, 0.1) is 6.61 Å². The minimum Gasteiger partial charge on any atom is -0.398 e. The number of methoxy groups -OCH3 is 1. The van der Waals surface area contributed by atoms with Crippen molar-refractivity contribution in [1.82, 2.24) is 0 Å². The van der Waals surface area contributed by atoms with Gasteiger partial charge >= 0.3 is 0 Å². The van der Waals surface area contributed by atoms with E-state index < -0.39 is 0 Å². The molecule has 0 amide bonds. The molecule has 15 heavy (non-hydrogen) atoms. The smallest absolute Gasteiger partial charge is 0.0733 e. The molecule has 2 aromatic carbocycles. The lowest BCUT2D eigenvalue weighted by Crippen LogP contribution is -1.96. The molecule has 2 nitrogen and oxygen atoms in total. The average molecular weight is 266 g/mol. The number of hydrogen-bond donors (Lipinski definition) is 1. The summed E-state index contributed by atoms with van der Waals surface area (Å²) in [6, 6.07) is 10.2. The molecule has 0 aliphatic heterocycles. The van der Waals surface area contributed by atoms with Crippen molar-refractivity contribution in [3.63, 3.8) is 0 Å². The Morgan fingerprint density at radius 3 is 2.73 bits per heavy atom. The lowest BCUT2D eigenvalue weighted by molar-refractivity contribution is 0.185. The number of ether oxygens (including phenoxy) is 1. The van der Waals surface area contributed by atoms with Crippen LogP contribution in [0, 0.1) is 0 Å². The zero-order valence-corrected chi connectivity index (χ0v) is 10.0. The molecule has 0 fully saturated rings.